The van der Waals surface area contributed by atoms with Crippen LogP contribution in [0.25, 0.3) is 0 Å². The zero-order valence-electron chi connectivity index (χ0n) is 10.9. The molecule has 2 aromatic heterocycles. The number of ether oxygens (including phenoxy) is 1. The molecule has 0 amide bonds. The fraction of sp³-hybridized carbons (Fsp3) is 0.333. The third kappa shape index (κ3) is 2.70. The number of carbonyl (C=O) groups is 2. The average molecular weight is 262 g/mol. The summed E-state index contributed by atoms with van der Waals surface area (Å²) in [6.07, 6.45) is 1.33. The molecule has 0 saturated heterocycles. The van der Waals surface area contributed by atoms with Crippen LogP contribution in [0.2, 0.25) is 0 Å². The third-order valence-corrected chi connectivity index (χ3v) is 2.66. The van der Waals surface area contributed by atoms with E-state index in [1.54, 1.807) is 6.07 Å². The number of rotatable bonds is 4. The van der Waals surface area contributed by atoms with Crippen molar-refractivity contribution in [1.82, 2.24) is 19.7 Å². The number of nitrogens with zero attached hydrogens (tertiary/aromatic N) is 3. The van der Waals surface area contributed by atoms with Crippen LogP contribution in [0.5, 0.6) is 0 Å². The Morgan fingerprint density at radius 2 is 2.16 bits per heavy atom. The van der Waals surface area contributed by atoms with Gasteiger partial charge in [-0.2, -0.15) is 0 Å². The van der Waals surface area contributed by atoms with Crippen LogP contribution >= 0.6 is 0 Å². The minimum atomic E-state index is -0.625. The molecule has 2 heterocycles. The van der Waals surface area contributed by atoms with E-state index in [2.05, 4.69) is 19.8 Å². The van der Waals surface area contributed by atoms with Crippen LogP contribution in [0.3, 0.4) is 0 Å². The summed E-state index contributed by atoms with van der Waals surface area (Å²) in [7, 11) is 1.25. The van der Waals surface area contributed by atoms with Crippen molar-refractivity contribution >= 4 is 11.8 Å². The predicted molar refractivity (Wildman–Crippen MR) is 66.0 cm³/mol. The van der Waals surface area contributed by atoms with Gasteiger partial charge in [0.15, 0.2) is 5.78 Å². The third-order valence-electron chi connectivity index (χ3n) is 2.66. The molecule has 0 aliphatic heterocycles. The summed E-state index contributed by atoms with van der Waals surface area (Å²) in [5, 5.41) is 3.88. The molecule has 0 aliphatic rings. The molecule has 0 saturated carbocycles. The Hall–Kier alpha value is -2.44. The highest BCUT2D eigenvalue weighted by Crippen LogP contribution is 2.11. The first kappa shape index (κ1) is 13.0. The summed E-state index contributed by atoms with van der Waals surface area (Å²) in [6.45, 7) is 3.75. The van der Waals surface area contributed by atoms with Crippen molar-refractivity contribution < 1.29 is 14.3 Å². The first-order valence-electron chi connectivity index (χ1n) is 5.68. The van der Waals surface area contributed by atoms with E-state index in [1.807, 2.05) is 13.8 Å². The van der Waals surface area contributed by atoms with E-state index in [1.165, 1.54) is 18.1 Å². The van der Waals surface area contributed by atoms with Crippen molar-refractivity contribution in [3.63, 3.8) is 0 Å². The SMILES string of the molecule is COC(=O)c1ncn(CC(=O)c2cc(C)[nH]c2C)n1. The molecule has 7 nitrogen and oxygen atoms in total. The van der Waals surface area contributed by atoms with Crippen LogP contribution in [-0.4, -0.2) is 38.6 Å². The highest BCUT2D eigenvalue weighted by Gasteiger charge is 2.15. The molecule has 7 heteroatoms. The summed E-state index contributed by atoms with van der Waals surface area (Å²) >= 11 is 0. The van der Waals surface area contributed by atoms with Gasteiger partial charge in [0.1, 0.15) is 12.9 Å². The number of Topliss-reactive ketones (excluding diaryl/α,β-unsaturated/α-hetero) is 1. The van der Waals surface area contributed by atoms with Gasteiger partial charge in [-0.15, -0.1) is 5.10 Å². The van der Waals surface area contributed by atoms with Gasteiger partial charge in [0.2, 0.25) is 0 Å². The Balaban J connectivity index is 2.13. The molecule has 100 valence electrons. The van der Waals surface area contributed by atoms with Crippen molar-refractivity contribution in [2.24, 2.45) is 0 Å². The lowest BCUT2D eigenvalue weighted by Gasteiger charge is -1.99. The molecule has 2 aromatic rings. The smallest absolute Gasteiger partial charge is 0.377 e. The zero-order valence-corrected chi connectivity index (χ0v) is 10.9. The largest absolute Gasteiger partial charge is 0.463 e. The van der Waals surface area contributed by atoms with Gasteiger partial charge in [-0.05, 0) is 19.9 Å². The number of ketones is 1. The van der Waals surface area contributed by atoms with Crippen molar-refractivity contribution in [1.29, 1.82) is 0 Å². The summed E-state index contributed by atoms with van der Waals surface area (Å²) in [4.78, 5) is 30.1. The van der Waals surface area contributed by atoms with E-state index >= 15 is 0 Å². The number of aromatic amines is 1. The molecular weight excluding hydrogens is 248 g/mol. The molecule has 0 aromatic carbocycles. The van der Waals surface area contributed by atoms with Crippen molar-refractivity contribution in [2.75, 3.05) is 7.11 Å². The second kappa shape index (κ2) is 5.05. The van der Waals surface area contributed by atoms with E-state index in [-0.39, 0.29) is 18.2 Å². The maximum atomic E-state index is 12.1. The van der Waals surface area contributed by atoms with Gasteiger partial charge >= 0.3 is 5.97 Å². The standard InChI is InChI=1S/C12H14N4O3/c1-7-4-9(8(2)14-7)10(17)5-16-6-13-11(15-16)12(18)19-3/h4,6,14H,5H2,1-3H3. The second-order valence-corrected chi connectivity index (χ2v) is 4.17. The Bertz CT molecular complexity index is 627. The number of H-pyrrole nitrogens is 1. The normalized spacial score (nSPS) is 10.5. The number of hydrogen-bond donors (Lipinski definition) is 1. The molecule has 0 unspecified atom stereocenters. The van der Waals surface area contributed by atoms with Crippen LogP contribution in [-0.2, 0) is 11.3 Å². The number of carbonyl (C=O) groups excluding carboxylic acids is 2. The zero-order chi connectivity index (χ0) is 14.0. The Kier molecular flexibility index (Phi) is 3.46. The summed E-state index contributed by atoms with van der Waals surface area (Å²) < 4.78 is 5.81. The van der Waals surface area contributed by atoms with Crippen LogP contribution in [0, 0.1) is 13.8 Å². The molecule has 2 rings (SSSR count). The van der Waals surface area contributed by atoms with Gasteiger partial charge in [0.25, 0.3) is 5.82 Å². The molecule has 0 fully saturated rings. The molecule has 0 spiro atoms. The first-order chi connectivity index (χ1) is 9.01. The fourth-order valence-corrected chi connectivity index (χ4v) is 1.80. The number of aryl methyl sites for hydroxylation is 2. The molecule has 0 aliphatic carbocycles. The van der Waals surface area contributed by atoms with Gasteiger partial charge in [-0.3, -0.25) is 4.79 Å². The number of hydrogen-bond acceptors (Lipinski definition) is 5. The second-order valence-electron chi connectivity index (χ2n) is 4.17. The number of methoxy groups -OCH3 is 1. The monoisotopic (exact) mass is 262 g/mol. The summed E-state index contributed by atoms with van der Waals surface area (Å²) in [5.74, 6) is -0.777. The molecule has 0 radical (unpaired) electrons. The Morgan fingerprint density at radius 1 is 1.42 bits per heavy atom. The molecule has 0 atom stereocenters. The topological polar surface area (TPSA) is 89.9 Å². The van der Waals surface area contributed by atoms with E-state index in [0.717, 1.165) is 11.4 Å². The first-order valence-corrected chi connectivity index (χ1v) is 5.68. The maximum absolute atomic E-state index is 12.1. The molecule has 19 heavy (non-hydrogen) atoms. The van der Waals surface area contributed by atoms with Crippen LogP contribution in [0.4, 0.5) is 0 Å². The predicted octanol–water partition coefficient (Wildman–Crippen LogP) is 0.893. The lowest BCUT2D eigenvalue weighted by atomic mass is 10.1. The van der Waals surface area contributed by atoms with E-state index in [4.69, 9.17) is 0 Å². The highest BCUT2D eigenvalue weighted by molar-refractivity contribution is 5.97. The van der Waals surface area contributed by atoms with Gasteiger partial charge in [-0.1, -0.05) is 0 Å². The quantitative estimate of drug-likeness (QED) is 0.653. The Labute approximate surface area is 109 Å². The fourth-order valence-electron chi connectivity index (χ4n) is 1.80. The summed E-state index contributed by atoms with van der Waals surface area (Å²) in [5.41, 5.74) is 2.36. The van der Waals surface area contributed by atoms with Crippen molar-refractivity contribution in [3.8, 4) is 0 Å². The van der Waals surface area contributed by atoms with E-state index in [0.29, 0.717) is 5.56 Å². The van der Waals surface area contributed by atoms with Gasteiger partial charge in [-0.25, -0.2) is 14.5 Å². The number of nitrogens with one attached hydrogen (secondary N) is 1. The number of esters is 1. The number of aromatic nitrogens is 4. The minimum Gasteiger partial charge on any atom is -0.463 e. The van der Waals surface area contributed by atoms with Crippen LogP contribution < -0.4 is 0 Å². The van der Waals surface area contributed by atoms with Gasteiger partial charge in [0.05, 0.1) is 7.11 Å². The van der Waals surface area contributed by atoms with E-state index in [9.17, 15) is 9.59 Å². The molecule has 1 N–H and O–H groups in total. The highest BCUT2D eigenvalue weighted by atomic mass is 16.5. The van der Waals surface area contributed by atoms with Crippen molar-refractivity contribution in [3.05, 3.63) is 35.2 Å². The molecule has 0 bridgehead atoms. The van der Waals surface area contributed by atoms with Crippen LogP contribution in [0.15, 0.2) is 12.4 Å². The summed E-state index contributed by atoms with van der Waals surface area (Å²) in [6, 6.07) is 1.79. The van der Waals surface area contributed by atoms with Gasteiger partial charge < -0.3 is 9.72 Å². The van der Waals surface area contributed by atoms with Gasteiger partial charge in [0, 0.05) is 17.0 Å². The molecular formula is C12H14N4O3. The van der Waals surface area contributed by atoms with E-state index < -0.39 is 5.97 Å². The lowest BCUT2D eigenvalue weighted by Crippen LogP contribution is -2.12. The maximum Gasteiger partial charge on any atom is 0.377 e. The minimum absolute atomic E-state index is 0.0299. The van der Waals surface area contributed by atoms with Crippen molar-refractivity contribution in [2.45, 2.75) is 20.4 Å². The Morgan fingerprint density at radius 3 is 2.74 bits per heavy atom. The average Bonchev–Trinajstić information content (AvgIpc) is 2.95. The van der Waals surface area contributed by atoms with Crippen LogP contribution in [0.1, 0.15) is 32.4 Å². The lowest BCUT2D eigenvalue weighted by molar-refractivity contribution is 0.0585.